The average Bonchev–Trinajstić information content (AvgIpc) is 2.75. The van der Waals surface area contributed by atoms with E-state index < -0.39 is 6.10 Å². The van der Waals surface area contributed by atoms with E-state index in [4.69, 9.17) is 15.9 Å². The van der Waals surface area contributed by atoms with Gasteiger partial charge in [0.05, 0.1) is 6.54 Å². The SMILES string of the molecule is C#CCNC(=O)COc1ccc2c(c1)OCC2O. The van der Waals surface area contributed by atoms with E-state index in [0.29, 0.717) is 11.5 Å². The molecule has 1 aromatic rings. The summed E-state index contributed by atoms with van der Waals surface area (Å²) in [5.41, 5.74) is 0.735. The summed E-state index contributed by atoms with van der Waals surface area (Å²) in [4.78, 5) is 11.3. The van der Waals surface area contributed by atoms with Crippen LogP contribution in [0.5, 0.6) is 11.5 Å². The molecule has 1 amide bonds. The van der Waals surface area contributed by atoms with Gasteiger partial charge in [-0.25, -0.2) is 0 Å². The number of aliphatic hydroxyl groups is 1. The van der Waals surface area contributed by atoms with Gasteiger partial charge in [-0.15, -0.1) is 6.42 Å². The number of aliphatic hydroxyl groups excluding tert-OH is 1. The smallest absolute Gasteiger partial charge is 0.258 e. The number of hydrogen-bond donors (Lipinski definition) is 2. The van der Waals surface area contributed by atoms with Crippen molar-refractivity contribution in [3.05, 3.63) is 23.8 Å². The molecular weight excluding hydrogens is 234 g/mol. The Morgan fingerprint density at radius 1 is 1.67 bits per heavy atom. The van der Waals surface area contributed by atoms with Crippen molar-refractivity contribution in [2.75, 3.05) is 19.8 Å². The topological polar surface area (TPSA) is 67.8 Å². The molecule has 1 aliphatic heterocycles. The molecule has 0 spiro atoms. The van der Waals surface area contributed by atoms with E-state index in [1.54, 1.807) is 18.2 Å². The number of amides is 1. The number of carbonyl (C=O) groups excluding carboxylic acids is 1. The van der Waals surface area contributed by atoms with Crippen LogP contribution in [0.2, 0.25) is 0 Å². The minimum Gasteiger partial charge on any atom is -0.490 e. The van der Waals surface area contributed by atoms with Gasteiger partial charge in [0.15, 0.2) is 6.61 Å². The number of nitrogens with one attached hydrogen (secondary N) is 1. The maximum Gasteiger partial charge on any atom is 0.258 e. The van der Waals surface area contributed by atoms with Crippen molar-refractivity contribution in [3.8, 4) is 23.8 Å². The molecular formula is C13H13NO4. The van der Waals surface area contributed by atoms with E-state index in [9.17, 15) is 9.90 Å². The second-order valence-electron chi connectivity index (χ2n) is 3.80. The van der Waals surface area contributed by atoms with E-state index in [1.165, 1.54) is 0 Å². The van der Waals surface area contributed by atoms with Gasteiger partial charge in [0.1, 0.15) is 24.2 Å². The molecule has 2 N–H and O–H groups in total. The van der Waals surface area contributed by atoms with Crippen LogP contribution in [0.25, 0.3) is 0 Å². The van der Waals surface area contributed by atoms with Gasteiger partial charge >= 0.3 is 0 Å². The Bertz CT molecular complexity index is 492. The number of benzene rings is 1. The normalized spacial score (nSPS) is 16.3. The van der Waals surface area contributed by atoms with Gasteiger partial charge in [-0.05, 0) is 12.1 Å². The lowest BCUT2D eigenvalue weighted by molar-refractivity contribution is -0.122. The zero-order valence-corrected chi connectivity index (χ0v) is 9.68. The molecule has 0 saturated heterocycles. The molecule has 18 heavy (non-hydrogen) atoms. The number of hydrogen-bond acceptors (Lipinski definition) is 4. The summed E-state index contributed by atoms with van der Waals surface area (Å²) in [6.45, 7) is 0.326. The molecule has 1 unspecified atom stereocenters. The van der Waals surface area contributed by atoms with E-state index in [-0.39, 0.29) is 25.7 Å². The molecule has 1 aromatic carbocycles. The van der Waals surface area contributed by atoms with Gasteiger partial charge in [-0.3, -0.25) is 4.79 Å². The summed E-state index contributed by atoms with van der Waals surface area (Å²) < 4.78 is 10.5. The molecule has 1 aliphatic rings. The van der Waals surface area contributed by atoms with Crippen LogP contribution >= 0.6 is 0 Å². The largest absolute Gasteiger partial charge is 0.490 e. The molecule has 1 atom stereocenters. The second kappa shape index (κ2) is 5.43. The fourth-order valence-corrected chi connectivity index (χ4v) is 1.61. The maximum atomic E-state index is 11.3. The van der Waals surface area contributed by atoms with Crippen LogP contribution in [0.15, 0.2) is 18.2 Å². The van der Waals surface area contributed by atoms with Crippen molar-refractivity contribution >= 4 is 5.91 Å². The van der Waals surface area contributed by atoms with Crippen molar-refractivity contribution in [1.82, 2.24) is 5.32 Å². The highest BCUT2D eigenvalue weighted by Gasteiger charge is 2.22. The van der Waals surface area contributed by atoms with Gasteiger partial charge in [0, 0.05) is 11.6 Å². The fourth-order valence-electron chi connectivity index (χ4n) is 1.61. The second-order valence-corrected chi connectivity index (χ2v) is 3.80. The molecule has 2 rings (SSSR count). The van der Waals surface area contributed by atoms with Crippen LogP contribution in [0.4, 0.5) is 0 Å². The zero-order chi connectivity index (χ0) is 13.0. The van der Waals surface area contributed by atoms with Crippen molar-refractivity contribution in [2.45, 2.75) is 6.10 Å². The summed E-state index contributed by atoms with van der Waals surface area (Å²) in [7, 11) is 0. The Morgan fingerprint density at radius 3 is 3.28 bits per heavy atom. The molecule has 0 bridgehead atoms. The van der Waals surface area contributed by atoms with Crippen molar-refractivity contribution in [1.29, 1.82) is 0 Å². The van der Waals surface area contributed by atoms with Gasteiger partial charge in [-0.2, -0.15) is 0 Å². The monoisotopic (exact) mass is 247 g/mol. The predicted molar refractivity (Wildman–Crippen MR) is 64.2 cm³/mol. The van der Waals surface area contributed by atoms with E-state index in [1.807, 2.05) is 0 Å². The first-order valence-corrected chi connectivity index (χ1v) is 5.48. The highest BCUT2D eigenvalue weighted by Crippen LogP contribution is 2.34. The lowest BCUT2D eigenvalue weighted by atomic mass is 10.1. The number of carbonyl (C=O) groups is 1. The quantitative estimate of drug-likeness (QED) is 0.748. The summed E-state index contributed by atoms with van der Waals surface area (Å²) in [6.07, 6.45) is 4.42. The summed E-state index contributed by atoms with van der Waals surface area (Å²) in [5.74, 6) is 3.12. The Labute approximate surface area is 105 Å². The summed E-state index contributed by atoms with van der Waals surface area (Å²) in [5, 5.41) is 12.0. The number of rotatable bonds is 4. The zero-order valence-electron chi connectivity index (χ0n) is 9.68. The van der Waals surface area contributed by atoms with Crippen LogP contribution < -0.4 is 14.8 Å². The third-order valence-corrected chi connectivity index (χ3v) is 2.50. The Balaban J connectivity index is 1.91. The lowest BCUT2D eigenvalue weighted by Crippen LogP contribution is -2.29. The molecule has 94 valence electrons. The van der Waals surface area contributed by atoms with Gasteiger partial charge < -0.3 is 19.9 Å². The van der Waals surface area contributed by atoms with Crippen molar-refractivity contribution in [2.24, 2.45) is 0 Å². The third-order valence-electron chi connectivity index (χ3n) is 2.50. The first kappa shape index (κ1) is 12.3. The van der Waals surface area contributed by atoms with Crippen molar-refractivity contribution in [3.63, 3.8) is 0 Å². The van der Waals surface area contributed by atoms with Crippen LogP contribution in [-0.2, 0) is 4.79 Å². The van der Waals surface area contributed by atoms with Crippen LogP contribution in [0.3, 0.4) is 0 Å². The molecule has 1 heterocycles. The highest BCUT2D eigenvalue weighted by atomic mass is 16.5. The molecule has 5 nitrogen and oxygen atoms in total. The average molecular weight is 247 g/mol. The summed E-state index contributed by atoms with van der Waals surface area (Å²) >= 11 is 0. The maximum absolute atomic E-state index is 11.3. The third kappa shape index (κ3) is 2.73. The van der Waals surface area contributed by atoms with E-state index in [2.05, 4.69) is 11.2 Å². The Morgan fingerprint density at radius 2 is 2.50 bits per heavy atom. The highest BCUT2D eigenvalue weighted by molar-refractivity contribution is 5.77. The van der Waals surface area contributed by atoms with Crippen LogP contribution in [0.1, 0.15) is 11.7 Å². The minimum atomic E-state index is -0.590. The molecule has 0 aliphatic carbocycles. The first-order chi connectivity index (χ1) is 8.70. The number of terminal acetylenes is 1. The van der Waals surface area contributed by atoms with E-state index >= 15 is 0 Å². The van der Waals surface area contributed by atoms with Crippen LogP contribution in [-0.4, -0.2) is 30.8 Å². The first-order valence-electron chi connectivity index (χ1n) is 5.48. The fraction of sp³-hybridized carbons (Fsp3) is 0.308. The van der Waals surface area contributed by atoms with Gasteiger partial charge in [-0.1, -0.05) is 5.92 Å². The number of ether oxygens (including phenoxy) is 2. The molecule has 0 aromatic heterocycles. The van der Waals surface area contributed by atoms with Crippen molar-refractivity contribution < 1.29 is 19.4 Å². The molecule has 0 saturated carbocycles. The molecule has 0 radical (unpaired) electrons. The Kier molecular flexibility index (Phi) is 3.70. The Hall–Kier alpha value is -2.19. The van der Waals surface area contributed by atoms with E-state index in [0.717, 1.165) is 5.56 Å². The molecule has 5 heteroatoms. The predicted octanol–water partition coefficient (Wildman–Crippen LogP) is 0.241. The minimum absolute atomic E-state index is 0.108. The molecule has 0 fully saturated rings. The summed E-state index contributed by atoms with van der Waals surface area (Å²) in [6, 6.07) is 5.06. The van der Waals surface area contributed by atoms with Crippen LogP contribution in [0, 0.1) is 12.3 Å². The van der Waals surface area contributed by atoms with Gasteiger partial charge in [0.25, 0.3) is 5.91 Å². The van der Waals surface area contributed by atoms with Gasteiger partial charge in [0.2, 0.25) is 0 Å². The lowest BCUT2D eigenvalue weighted by Gasteiger charge is -2.07. The standard InChI is InChI=1S/C13H13NO4/c1-2-5-14-13(16)8-17-9-3-4-10-11(15)7-18-12(10)6-9/h1,3-4,6,11,15H,5,7-8H2,(H,14,16). The number of fused-ring (bicyclic) bond motifs is 1.